The van der Waals surface area contributed by atoms with Crippen molar-refractivity contribution in [3.63, 3.8) is 0 Å². The van der Waals surface area contributed by atoms with Crippen LogP contribution in [0.2, 0.25) is 0 Å². The second-order valence-electron chi connectivity index (χ2n) is 6.29. The Morgan fingerprint density at radius 3 is 2.15 bits per heavy atom. The Morgan fingerprint density at radius 1 is 1.00 bits per heavy atom. The second kappa shape index (κ2) is 7.47. The van der Waals surface area contributed by atoms with E-state index in [0.29, 0.717) is 24.1 Å². The Kier molecular flexibility index (Phi) is 5.11. The highest BCUT2D eigenvalue weighted by molar-refractivity contribution is 6.21. The van der Waals surface area contributed by atoms with Crippen LogP contribution < -0.4 is 0 Å². The van der Waals surface area contributed by atoms with Crippen molar-refractivity contribution in [3.05, 3.63) is 71.0 Å². The van der Waals surface area contributed by atoms with E-state index in [4.69, 9.17) is 0 Å². The van der Waals surface area contributed by atoms with Crippen LogP contribution in [0.1, 0.15) is 39.1 Å². The van der Waals surface area contributed by atoms with Crippen molar-refractivity contribution in [2.45, 2.75) is 19.4 Å². The van der Waals surface area contributed by atoms with Crippen molar-refractivity contribution in [3.8, 4) is 0 Å². The number of imide groups is 1. The molecule has 0 bridgehead atoms. The molecule has 0 N–H and O–H groups in total. The minimum Gasteiger partial charge on any atom is -0.341 e. The van der Waals surface area contributed by atoms with Crippen LogP contribution in [0.25, 0.3) is 0 Å². The van der Waals surface area contributed by atoms with E-state index in [2.05, 4.69) is 0 Å². The Hall–Kier alpha value is -3.02. The summed E-state index contributed by atoms with van der Waals surface area (Å²) in [5.41, 5.74) is 1.66. The molecule has 0 saturated heterocycles. The number of rotatable bonds is 6. The van der Waals surface area contributed by atoms with Crippen molar-refractivity contribution in [1.29, 1.82) is 0 Å². The van der Waals surface area contributed by atoms with Crippen LogP contribution >= 0.6 is 0 Å². The molecule has 134 valence electrons. The minimum atomic E-state index is -0.316. The molecule has 3 rings (SSSR count). The highest BCUT2D eigenvalue weighted by Crippen LogP contribution is 2.22. The van der Waals surface area contributed by atoms with Gasteiger partial charge >= 0.3 is 0 Å². The van der Waals surface area contributed by atoms with Gasteiger partial charge in [-0.15, -0.1) is 0 Å². The Morgan fingerprint density at radius 2 is 1.58 bits per heavy atom. The van der Waals surface area contributed by atoms with Gasteiger partial charge in [-0.2, -0.15) is 0 Å². The zero-order valence-electron chi connectivity index (χ0n) is 14.4. The van der Waals surface area contributed by atoms with E-state index in [-0.39, 0.29) is 36.5 Å². The standard InChI is InChI=1S/C20H19FN2O3/c1-22(13-14-8-10-15(21)11-9-14)18(24)7-4-12-23-19(25)16-5-2-3-6-17(16)20(23)26/h2-3,5-6,8-11H,4,7,12-13H2,1H3. The smallest absolute Gasteiger partial charge is 0.261 e. The third-order valence-corrected chi connectivity index (χ3v) is 4.41. The summed E-state index contributed by atoms with van der Waals surface area (Å²) in [4.78, 5) is 39.5. The minimum absolute atomic E-state index is 0.0917. The average molecular weight is 354 g/mol. The zero-order chi connectivity index (χ0) is 18.7. The van der Waals surface area contributed by atoms with Gasteiger partial charge in [0.05, 0.1) is 11.1 Å². The Labute approximate surface area is 151 Å². The molecule has 5 nitrogen and oxygen atoms in total. The Bertz CT molecular complexity index is 813. The van der Waals surface area contributed by atoms with Crippen LogP contribution in [-0.4, -0.2) is 41.1 Å². The summed E-state index contributed by atoms with van der Waals surface area (Å²) in [7, 11) is 1.67. The molecule has 0 radical (unpaired) electrons. The van der Waals surface area contributed by atoms with Crippen LogP contribution in [0.5, 0.6) is 0 Å². The van der Waals surface area contributed by atoms with E-state index in [1.165, 1.54) is 17.0 Å². The summed E-state index contributed by atoms with van der Waals surface area (Å²) in [6, 6.07) is 12.7. The molecule has 1 aliphatic heterocycles. The lowest BCUT2D eigenvalue weighted by Gasteiger charge is -2.18. The van der Waals surface area contributed by atoms with E-state index in [1.807, 2.05) is 0 Å². The lowest BCUT2D eigenvalue weighted by atomic mass is 10.1. The molecule has 26 heavy (non-hydrogen) atoms. The molecule has 2 aromatic carbocycles. The molecule has 0 aromatic heterocycles. The highest BCUT2D eigenvalue weighted by atomic mass is 19.1. The highest BCUT2D eigenvalue weighted by Gasteiger charge is 2.34. The topological polar surface area (TPSA) is 57.7 Å². The van der Waals surface area contributed by atoms with Crippen molar-refractivity contribution in [1.82, 2.24) is 9.80 Å². The molecule has 0 fully saturated rings. The van der Waals surface area contributed by atoms with E-state index in [0.717, 1.165) is 5.56 Å². The molecular weight excluding hydrogens is 335 g/mol. The molecule has 0 saturated carbocycles. The molecule has 1 heterocycles. The molecular formula is C20H19FN2O3. The maximum atomic E-state index is 12.9. The van der Waals surface area contributed by atoms with Gasteiger partial charge in [0.25, 0.3) is 11.8 Å². The summed E-state index contributed by atoms with van der Waals surface area (Å²) in [6.07, 6.45) is 0.628. The van der Waals surface area contributed by atoms with Gasteiger partial charge in [0.2, 0.25) is 5.91 Å². The number of halogens is 1. The van der Waals surface area contributed by atoms with Crippen molar-refractivity contribution >= 4 is 17.7 Å². The first-order valence-electron chi connectivity index (χ1n) is 8.41. The molecule has 0 unspecified atom stereocenters. The number of amides is 3. The molecule has 0 aliphatic carbocycles. The first kappa shape index (κ1) is 17.8. The van der Waals surface area contributed by atoms with Gasteiger partial charge in [0.15, 0.2) is 0 Å². The van der Waals surface area contributed by atoms with Gasteiger partial charge in [-0.25, -0.2) is 4.39 Å². The number of nitrogens with zero attached hydrogens (tertiary/aromatic N) is 2. The van der Waals surface area contributed by atoms with Crippen molar-refractivity contribution in [2.24, 2.45) is 0 Å². The van der Waals surface area contributed by atoms with Crippen LogP contribution in [0.4, 0.5) is 4.39 Å². The van der Waals surface area contributed by atoms with Crippen molar-refractivity contribution in [2.75, 3.05) is 13.6 Å². The third-order valence-electron chi connectivity index (χ3n) is 4.41. The summed E-state index contributed by atoms with van der Waals surface area (Å²) in [5.74, 6) is -1.02. The van der Waals surface area contributed by atoms with Gasteiger partial charge in [-0.05, 0) is 36.2 Å². The summed E-state index contributed by atoms with van der Waals surface area (Å²) in [6.45, 7) is 0.592. The normalized spacial score (nSPS) is 13.1. The van der Waals surface area contributed by atoms with Gasteiger partial charge in [0, 0.05) is 26.6 Å². The van der Waals surface area contributed by atoms with E-state index >= 15 is 0 Å². The average Bonchev–Trinajstić information content (AvgIpc) is 2.88. The first-order chi connectivity index (χ1) is 12.5. The number of hydrogen-bond donors (Lipinski definition) is 0. The molecule has 0 atom stereocenters. The lowest BCUT2D eigenvalue weighted by molar-refractivity contribution is -0.130. The first-order valence-corrected chi connectivity index (χ1v) is 8.41. The number of fused-ring (bicyclic) bond motifs is 1. The van der Waals surface area contributed by atoms with E-state index in [1.54, 1.807) is 48.3 Å². The Balaban J connectivity index is 1.50. The molecule has 3 amide bonds. The quantitative estimate of drug-likeness (QED) is 0.750. The van der Waals surface area contributed by atoms with Crippen LogP contribution in [-0.2, 0) is 11.3 Å². The van der Waals surface area contributed by atoms with Gasteiger partial charge in [-0.1, -0.05) is 24.3 Å². The third kappa shape index (κ3) is 3.64. The number of carbonyl (C=O) groups is 3. The molecule has 1 aliphatic rings. The van der Waals surface area contributed by atoms with E-state index in [9.17, 15) is 18.8 Å². The maximum absolute atomic E-state index is 12.9. The van der Waals surface area contributed by atoms with Crippen LogP contribution in [0.15, 0.2) is 48.5 Å². The predicted octanol–water partition coefficient (Wildman–Crippen LogP) is 2.86. The van der Waals surface area contributed by atoms with Crippen LogP contribution in [0, 0.1) is 5.82 Å². The second-order valence-corrected chi connectivity index (χ2v) is 6.29. The summed E-state index contributed by atoms with van der Waals surface area (Å²) < 4.78 is 12.9. The van der Waals surface area contributed by atoms with Crippen molar-refractivity contribution < 1.29 is 18.8 Å². The molecule has 0 spiro atoms. The molecule has 6 heteroatoms. The maximum Gasteiger partial charge on any atom is 0.261 e. The summed E-state index contributed by atoms with van der Waals surface area (Å²) >= 11 is 0. The predicted molar refractivity (Wildman–Crippen MR) is 93.9 cm³/mol. The van der Waals surface area contributed by atoms with Crippen LogP contribution in [0.3, 0.4) is 0 Å². The fraction of sp³-hybridized carbons (Fsp3) is 0.250. The fourth-order valence-corrected chi connectivity index (χ4v) is 2.97. The summed E-state index contributed by atoms with van der Waals surface area (Å²) in [5, 5.41) is 0. The number of hydrogen-bond acceptors (Lipinski definition) is 3. The monoisotopic (exact) mass is 354 g/mol. The zero-order valence-corrected chi connectivity index (χ0v) is 14.4. The molecule has 2 aromatic rings. The SMILES string of the molecule is CN(Cc1ccc(F)cc1)C(=O)CCCN1C(=O)c2ccccc2C1=O. The van der Waals surface area contributed by atoms with Gasteiger partial charge < -0.3 is 4.90 Å². The fourth-order valence-electron chi connectivity index (χ4n) is 2.97. The van der Waals surface area contributed by atoms with Gasteiger partial charge in [0.1, 0.15) is 5.82 Å². The van der Waals surface area contributed by atoms with E-state index < -0.39 is 0 Å². The lowest BCUT2D eigenvalue weighted by Crippen LogP contribution is -2.32. The largest absolute Gasteiger partial charge is 0.341 e. The van der Waals surface area contributed by atoms with Gasteiger partial charge in [-0.3, -0.25) is 19.3 Å². The number of benzene rings is 2. The number of carbonyl (C=O) groups excluding carboxylic acids is 3.